The fourth-order valence-corrected chi connectivity index (χ4v) is 6.08. The van der Waals surface area contributed by atoms with Crippen LogP contribution < -0.4 is 0 Å². The van der Waals surface area contributed by atoms with Crippen molar-refractivity contribution in [3.63, 3.8) is 0 Å². The van der Waals surface area contributed by atoms with E-state index in [4.69, 9.17) is 0 Å². The van der Waals surface area contributed by atoms with E-state index in [1.165, 1.54) is 41.5 Å². The van der Waals surface area contributed by atoms with E-state index >= 15 is 0 Å². The highest BCUT2D eigenvalue weighted by Crippen LogP contribution is 2.38. The Balaban J connectivity index is 1.62. The number of hydrogen-bond acceptors (Lipinski definition) is 4. The summed E-state index contributed by atoms with van der Waals surface area (Å²) in [6.07, 6.45) is 4.77. The Labute approximate surface area is 170 Å². The van der Waals surface area contributed by atoms with Crippen molar-refractivity contribution in [2.45, 2.75) is 63.9 Å². The molecule has 0 spiro atoms. The van der Waals surface area contributed by atoms with Crippen molar-refractivity contribution in [2.24, 2.45) is 5.92 Å². The van der Waals surface area contributed by atoms with Gasteiger partial charge in [-0.1, -0.05) is 49.9 Å². The molecule has 0 N–H and O–H groups in total. The number of thioether (sulfide) groups is 1. The molecule has 0 fully saturated rings. The highest BCUT2D eigenvalue weighted by molar-refractivity contribution is 7.98. The molecule has 0 bridgehead atoms. The van der Waals surface area contributed by atoms with Gasteiger partial charge in [0.25, 0.3) is 0 Å². The van der Waals surface area contributed by atoms with Gasteiger partial charge < -0.3 is 4.57 Å². The molecule has 0 saturated carbocycles. The topological polar surface area (TPSA) is 30.7 Å². The summed E-state index contributed by atoms with van der Waals surface area (Å²) in [5.74, 6) is 2.81. The van der Waals surface area contributed by atoms with Crippen LogP contribution in [0, 0.1) is 12.8 Å². The Bertz CT molecular complexity index is 926. The van der Waals surface area contributed by atoms with Crippen LogP contribution in [0.25, 0.3) is 11.4 Å². The predicted octanol–water partition coefficient (Wildman–Crippen LogP) is 6.14. The van der Waals surface area contributed by atoms with E-state index in [2.05, 4.69) is 65.2 Å². The molecule has 0 aliphatic heterocycles. The predicted molar refractivity (Wildman–Crippen MR) is 116 cm³/mol. The molecule has 5 heteroatoms. The largest absolute Gasteiger partial charge is 0.302 e. The summed E-state index contributed by atoms with van der Waals surface area (Å²) in [4.78, 5) is 1.56. The maximum atomic E-state index is 4.64. The summed E-state index contributed by atoms with van der Waals surface area (Å²) in [5.41, 5.74) is 5.56. The number of thiophene rings is 1. The van der Waals surface area contributed by atoms with Gasteiger partial charge in [-0.2, -0.15) is 0 Å². The van der Waals surface area contributed by atoms with Gasteiger partial charge in [-0.05, 0) is 55.2 Å². The van der Waals surface area contributed by atoms with Crippen LogP contribution in [0.3, 0.4) is 0 Å². The lowest BCUT2D eigenvalue weighted by molar-refractivity contribution is 0.508. The Kier molecular flexibility index (Phi) is 5.69. The van der Waals surface area contributed by atoms with Crippen LogP contribution in [0.5, 0.6) is 0 Å². The van der Waals surface area contributed by atoms with Crippen molar-refractivity contribution in [1.29, 1.82) is 0 Å². The van der Waals surface area contributed by atoms with E-state index in [0.717, 1.165) is 35.6 Å². The van der Waals surface area contributed by atoms with Gasteiger partial charge in [-0.3, -0.25) is 0 Å². The van der Waals surface area contributed by atoms with Crippen molar-refractivity contribution >= 4 is 23.1 Å². The van der Waals surface area contributed by atoms with Gasteiger partial charge in [0.05, 0.1) is 0 Å². The molecule has 0 saturated heterocycles. The Hall–Kier alpha value is -1.59. The molecule has 3 nitrogen and oxygen atoms in total. The van der Waals surface area contributed by atoms with E-state index in [1.54, 1.807) is 16.6 Å². The van der Waals surface area contributed by atoms with Gasteiger partial charge in [-0.25, -0.2) is 0 Å². The summed E-state index contributed by atoms with van der Waals surface area (Å²) < 4.78 is 2.34. The molecule has 2 heterocycles. The summed E-state index contributed by atoms with van der Waals surface area (Å²) in [6, 6.07) is 8.60. The minimum Gasteiger partial charge on any atom is -0.302 e. The molecule has 2 aromatic heterocycles. The van der Waals surface area contributed by atoms with Crippen molar-refractivity contribution in [3.05, 3.63) is 51.2 Å². The van der Waals surface area contributed by atoms with E-state index < -0.39 is 0 Å². The van der Waals surface area contributed by atoms with Gasteiger partial charge in [0.15, 0.2) is 11.0 Å². The van der Waals surface area contributed by atoms with Gasteiger partial charge >= 0.3 is 0 Å². The minimum absolute atomic E-state index is 0.803. The highest BCUT2D eigenvalue weighted by atomic mass is 32.2. The lowest BCUT2D eigenvalue weighted by atomic mass is 9.88. The fraction of sp³-hybridized carbons (Fsp3) is 0.455. The highest BCUT2D eigenvalue weighted by Gasteiger charge is 2.24. The van der Waals surface area contributed by atoms with E-state index in [9.17, 15) is 0 Å². The van der Waals surface area contributed by atoms with Crippen LogP contribution in [0.4, 0.5) is 0 Å². The number of aromatic nitrogens is 3. The minimum atomic E-state index is 0.803. The number of fused-ring (bicyclic) bond motifs is 1. The first-order valence-electron chi connectivity index (χ1n) is 9.87. The summed E-state index contributed by atoms with van der Waals surface area (Å²) in [6.45, 7) is 7.74. The van der Waals surface area contributed by atoms with Crippen LogP contribution in [0.1, 0.15) is 48.3 Å². The molecule has 1 aromatic carbocycles. The number of nitrogens with zero attached hydrogens (tertiary/aromatic N) is 3. The monoisotopic (exact) mass is 397 g/mol. The third kappa shape index (κ3) is 3.85. The van der Waals surface area contributed by atoms with Crippen LogP contribution >= 0.6 is 23.1 Å². The molecular formula is C22H27N3S2. The molecular weight excluding hydrogens is 370 g/mol. The van der Waals surface area contributed by atoms with Gasteiger partial charge in [0.2, 0.25) is 0 Å². The summed E-state index contributed by atoms with van der Waals surface area (Å²) >= 11 is 3.71. The Morgan fingerprint density at radius 2 is 2.11 bits per heavy atom. The van der Waals surface area contributed by atoms with E-state index in [0.29, 0.717) is 0 Å². The Morgan fingerprint density at radius 1 is 1.26 bits per heavy atom. The maximum absolute atomic E-state index is 4.64. The Morgan fingerprint density at radius 3 is 2.93 bits per heavy atom. The number of benzene rings is 1. The summed E-state index contributed by atoms with van der Waals surface area (Å²) in [5, 5.41) is 12.6. The molecule has 1 aliphatic carbocycles. The second-order valence-electron chi connectivity index (χ2n) is 7.57. The lowest BCUT2D eigenvalue weighted by Crippen LogP contribution is -2.10. The van der Waals surface area contributed by atoms with Crippen LogP contribution in [0.15, 0.2) is 34.8 Å². The number of rotatable bonds is 6. The van der Waals surface area contributed by atoms with Crippen molar-refractivity contribution in [2.75, 3.05) is 0 Å². The molecule has 1 unspecified atom stereocenters. The summed E-state index contributed by atoms with van der Waals surface area (Å²) in [7, 11) is 0. The van der Waals surface area contributed by atoms with Crippen molar-refractivity contribution in [1.82, 2.24) is 14.8 Å². The van der Waals surface area contributed by atoms with Crippen molar-refractivity contribution < 1.29 is 0 Å². The molecule has 142 valence electrons. The molecule has 3 aromatic rings. The van der Waals surface area contributed by atoms with Gasteiger partial charge in [0.1, 0.15) is 0 Å². The standard InChI is InChI=1S/C22H27N3S2/c1-4-11-25-21(19-14-26-20-12-15(2)9-10-18(19)20)23-24-22(25)27-13-17-8-6-5-7-16(17)3/h5-8,14-15H,4,9-13H2,1-3H3. The van der Waals surface area contributed by atoms with Gasteiger partial charge in [-0.15, -0.1) is 21.5 Å². The van der Waals surface area contributed by atoms with Gasteiger partial charge in [0, 0.05) is 28.1 Å². The smallest absolute Gasteiger partial charge is 0.191 e. The molecule has 1 aliphatic rings. The third-order valence-electron chi connectivity index (χ3n) is 5.42. The first-order chi connectivity index (χ1) is 13.2. The third-order valence-corrected chi connectivity index (χ3v) is 7.49. The quantitative estimate of drug-likeness (QED) is 0.468. The zero-order valence-electron chi connectivity index (χ0n) is 16.4. The van der Waals surface area contributed by atoms with Crippen molar-refractivity contribution in [3.8, 4) is 11.4 Å². The number of hydrogen-bond donors (Lipinski definition) is 0. The zero-order valence-corrected chi connectivity index (χ0v) is 18.0. The van der Waals surface area contributed by atoms with Crippen LogP contribution in [0.2, 0.25) is 0 Å². The molecule has 4 rings (SSSR count). The first kappa shape index (κ1) is 18.8. The van der Waals surface area contributed by atoms with E-state index in [-0.39, 0.29) is 0 Å². The second kappa shape index (κ2) is 8.19. The van der Waals surface area contributed by atoms with Crippen LogP contribution in [-0.4, -0.2) is 14.8 Å². The lowest BCUT2D eigenvalue weighted by Gasteiger charge is -2.19. The molecule has 27 heavy (non-hydrogen) atoms. The average molecular weight is 398 g/mol. The average Bonchev–Trinajstić information content (AvgIpc) is 3.25. The SMILES string of the molecule is CCCn1c(SCc2ccccc2C)nnc1-c1csc2c1CCC(C)C2. The van der Waals surface area contributed by atoms with E-state index in [1.807, 2.05) is 11.3 Å². The molecule has 0 amide bonds. The van der Waals surface area contributed by atoms with Crippen LogP contribution in [-0.2, 0) is 25.1 Å². The fourth-order valence-electron chi connectivity index (χ4n) is 3.80. The second-order valence-corrected chi connectivity index (χ2v) is 9.48. The maximum Gasteiger partial charge on any atom is 0.191 e. The zero-order chi connectivity index (χ0) is 18.8. The molecule has 1 atom stereocenters. The number of aryl methyl sites for hydroxylation is 1. The normalized spacial score (nSPS) is 16.5. The molecule has 0 radical (unpaired) electrons. The first-order valence-corrected chi connectivity index (χ1v) is 11.7.